The van der Waals surface area contributed by atoms with Crippen LogP contribution in [0.15, 0.2) is 45.5 Å². The monoisotopic (exact) mass is 641 g/mol. The fourth-order valence-electron chi connectivity index (χ4n) is 5.95. The summed E-state index contributed by atoms with van der Waals surface area (Å²) in [5.41, 5.74) is 5.80. The molecule has 2 aromatic heterocycles. The summed E-state index contributed by atoms with van der Waals surface area (Å²) in [6.45, 7) is 3.58. The van der Waals surface area contributed by atoms with Crippen LogP contribution in [-0.4, -0.2) is 68.1 Å². The molecule has 1 unspecified atom stereocenters. The van der Waals surface area contributed by atoms with Gasteiger partial charge in [-0.3, -0.25) is 14.3 Å². The van der Waals surface area contributed by atoms with Crippen LogP contribution in [0.3, 0.4) is 0 Å². The minimum Gasteiger partial charge on any atom is -0.493 e. The molecular weight excluding hydrogens is 613 g/mol. The molecule has 0 spiro atoms. The van der Waals surface area contributed by atoms with Crippen molar-refractivity contribution in [1.29, 1.82) is 0 Å². The van der Waals surface area contributed by atoms with Gasteiger partial charge in [-0.2, -0.15) is 0 Å². The maximum absolute atomic E-state index is 15.9. The number of carboxylic acid groups (broad SMARTS) is 1. The highest BCUT2D eigenvalue weighted by Gasteiger charge is 2.34. The van der Waals surface area contributed by atoms with Gasteiger partial charge in [-0.05, 0) is 56.2 Å². The van der Waals surface area contributed by atoms with E-state index in [1.54, 1.807) is 27.3 Å². The minimum absolute atomic E-state index is 0.00277. The van der Waals surface area contributed by atoms with E-state index in [-0.39, 0.29) is 52.3 Å². The Balaban J connectivity index is 1.34. The van der Waals surface area contributed by atoms with Crippen LogP contribution in [0.5, 0.6) is 11.6 Å². The number of pyridine rings is 1. The molecule has 4 N–H and O–H groups in total. The maximum atomic E-state index is 15.9. The fraction of sp³-hybridized carbons (Fsp3) is 0.345. The number of ether oxygens (including phenoxy) is 1. The van der Waals surface area contributed by atoms with E-state index < -0.39 is 22.8 Å². The van der Waals surface area contributed by atoms with Crippen LogP contribution < -0.4 is 20.8 Å². The van der Waals surface area contributed by atoms with E-state index in [2.05, 4.69) is 15.1 Å². The predicted octanol–water partition coefficient (Wildman–Crippen LogP) is 4.99. The number of anilines is 1. The lowest BCUT2D eigenvalue weighted by Gasteiger charge is -2.41. The van der Waals surface area contributed by atoms with Crippen LogP contribution in [-0.2, 0) is 6.67 Å². The zero-order valence-corrected chi connectivity index (χ0v) is 25.4. The van der Waals surface area contributed by atoms with E-state index >= 15 is 4.39 Å². The molecule has 1 saturated heterocycles. The Kier molecular flexibility index (Phi) is 7.68. The van der Waals surface area contributed by atoms with Crippen LogP contribution in [0, 0.1) is 5.82 Å². The average Bonchev–Trinajstić information content (AvgIpc) is 3.78. The van der Waals surface area contributed by atoms with Gasteiger partial charge in [0.05, 0.1) is 30.2 Å². The van der Waals surface area contributed by atoms with Crippen molar-refractivity contribution in [3.05, 3.63) is 57.1 Å². The maximum Gasteiger partial charge on any atom is 0.341 e. The molecule has 6 rings (SSSR count). The summed E-state index contributed by atoms with van der Waals surface area (Å²) in [6.07, 6.45) is 2.97. The number of fused-ring (bicyclic) bond motifs is 2. The lowest BCUT2D eigenvalue weighted by atomic mass is 10.1. The summed E-state index contributed by atoms with van der Waals surface area (Å²) < 4.78 is 25.0. The largest absolute Gasteiger partial charge is 0.493 e. The number of hydrogen-bond acceptors (Lipinski definition) is 8. The molecule has 1 aliphatic heterocycles. The van der Waals surface area contributed by atoms with Crippen LogP contribution in [0.2, 0.25) is 5.02 Å². The minimum atomic E-state index is -1.36. The second kappa shape index (κ2) is 11.3. The first-order chi connectivity index (χ1) is 21.0. The lowest BCUT2D eigenvalue weighted by Crippen LogP contribution is -2.52. The van der Waals surface area contributed by atoms with Crippen LogP contribution >= 0.6 is 23.8 Å². The van der Waals surface area contributed by atoms with Crippen molar-refractivity contribution >= 4 is 68.1 Å². The van der Waals surface area contributed by atoms with Crippen molar-refractivity contribution in [3.63, 3.8) is 0 Å². The molecule has 15 heteroatoms. The van der Waals surface area contributed by atoms with E-state index in [1.807, 2.05) is 11.8 Å². The first kappa shape index (κ1) is 29.8. The second-order valence-electron chi connectivity index (χ2n) is 11.0. The predicted molar refractivity (Wildman–Crippen MR) is 168 cm³/mol. The Hall–Kier alpha value is -4.27. The lowest BCUT2D eigenvalue weighted by molar-refractivity contribution is 0.0694. The molecule has 44 heavy (non-hydrogen) atoms. The Morgan fingerprint density at radius 2 is 2.00 bits per heavy atom. The number of benzene rings is 2. The molecule has 1 aliphatic carbocycles. The number of aromatic hydroxyl groups is 1. The third kappa shape index (κ3) is 5.12. The number of carboxylic acids is 1. The fourth-order valence-corrected chi connectivity index (χ4v) is 6.16. The number of aromatic nitrogens is 2. The number of rotatable bonds is 7. The Morgan fingerprint density at radius 1 is 1.25 bits per heavy atom. The van der Waals surface area contributed by atoms with Crippen molar-refractivity contribution < 1.29 is 24.1 Å². The number of thiocarbonyl (C=S) groups is 1. The molecule has 230 valence electrons. The van der Waals surface area contributed by atoms with Gasteiger partial charge in [0, 0.05) is 48.3 Å². The summed E-state index contributed by atoms with van der Waals surface area (Å²) in [7, 11) is 1.42. The molecule has 0 bridgehead atoms. The van der Waals surface area contributed by atoms with Crippen molar-refractivity contribution in [2.45, 2.75) is 38.5 Å². The third-order valence-electron chi connectivity index (χ3n) is 8.20. The first-order valence-corrected chi connectivity index (χ1v) is 14.7. The zero-order valence-electron chi connectivity index (χ0n) is 23.8. The van der Waals surface area contributed by atoms with Gasteiger partial charge in [-0.15, -0.1) is 10.2 Å². The molecule has 2 aromatic carbocycles. The highest BCUT2D eigenvalue weighted by atomic mass is 35.5. The summed E-state index contributed by atoms with van der Waals surface area (Å²) in [4.78, 5) is 28.9. The van der Waals surface area contributed by atoms with E-state index in [4.69, 9.17) is 34.3 Å². The average molecular weight is 642 g/mol. The van der Waals surface area contributed by atoms with Gasteiger partial charge >= 0.3 is 5.97 Å². The van der Waals surface area contributed by atoms with Gasteiger partial charge < -0.3 is 30.2 Å². The molecule has 1 saturated carbocycles. The van der Waals surface area contributed by atoms with Crippen LogP contribution in [0.1, 0.15) is 36.2 Å². The molecule has 2 fully saturated rings. The SMILES string of the molecule is COc1c(N2CCN(Cn3c(O)c(N=NC(N)=S)c4cc(Cl)ccc43)C(C)C2)c(F)cc2c(=O)c(C(=O)O)cn(C3CC3)c12. The van der Waals surface area contributed by atoms with Crippen molar-refractivity contribution in [2.24, 2.45) is 16.0 Å². The zero-order chi connectivity index (χ0) is 31.4. The van der Waals surface area contributed by atoms with Crippen molar-refractivity contribution in [1.82, 2.24) is 14.0 Å². The Labute approximate surface area is 260 Å². The topological polar surface area (TPSA) is 151 Å². The summed E-state index contributed by atoms with van der Waals surface area (Å²) in [5, 5.41) is 29.4. The first-order valence-electron chi connectivity index (χ1n) is 13.9. The van der Waals surface area contributed by atoms with Gasteiger partial charge in [0.25, 0.3) is 0 Å². The smallest absolute Gasteiger partial charge is 0.341 e. The Bertz CT molecular complexity index is 1940. The molecule has 3 heterocycles. The van der Waals surface area contributed by atoms with Gasteiger partial charge in [-0.1, -0.05) is 11.6 Å². The third-order valence-corrected chi connectivity index (χ3v) is 8.51. The number of halogens is 2. The molecule has 0 radical (unpaired) electrons. The van der Waals surface area contributed by atoms with Gasteiger partial charge in [0.2, 0.25) is 16.4 Å². The number of piperazine rings is 1. The molecule has 1 atom stereocenters. The molecule has 4 aromatic rings. The Morgan fingerprint density at radius 3 is 2.64 bits per heavy atom. The van der Waals surface area contributed by atoms with Gasteiger partial charge in [-0.25, -0.2) is 9.18 Å². The summed E-state index contributed by atoms with van der Waals surface area (Å²) in [6, 6.07) is 6.18. The number of nitrogens with two attached hydrogens (primary N) is 1. The van der Waals surface area contributed by atoms with E-state index in [0.717, 1.165) is 18.9 Å². The number of methoxy groups -OCH3 is 1. The van der Waals surface area contributed by atoms with Gasteiger partial charge in [0.1, 0.15) is 11.3 Å². The second-order valence-corrected chi connectivity index (χ2v) is 11.9. The number of nitrogens with zero attached hydrogens (tertiary/aromatic N) is 6. The molecule has 12 nitrogen and oxygen atoms in total. The van der Waals surface area contributed by atoms with E-state index in [0.29, 0.717) is 41.1 Å². The molecule has 2 aliphatic rings. The quantitative estimate of drug-likeness (QED) is 0.187. The normalized spacial score (nSPS) is 17.6. The summed E-state index contributed by atoms with van der Waals surface area (Å²) >= 11 is 11.0. The molecular formula is C29H29ClFN7O5S. The van der Waals surface area contributed by atoms with Crippen molar-refractivity contribution in [2.75, 3.05) is 31.6 Å². The summed E-state index contributed by atoms with van der Waals surface area (Å²) in [5.74, 6) is -1.96. The highest BCUT2D eigenvalue weighted by Crippen LogP contribution is 2.44. The highest BCUT2D eigenvalue weighted by molar-refractivity contribution is 7.80. The standard InChI is InChI=1S/C29H29ClFN7O5S/c1-14-11-35(7-8-36(14)13-38-21-6-3-15(30)9-17(21)22(27(38)40)33-34-29(32)44)24-20(31)10-18-23(26(24)43-2)37(16-4-5-16)12-19(25(18)39)28(41)42/h3,6,9-10,12,14,16,40H,4-5,7-8,11,13H2,1-2H3,(H2,32,44)(H,41,42). The van der Waals surface area contributed by atoms with Crippen LogP contribution in [0.4, 0.5) is 15.8 Å². The molecule has 0 amide bonds. The van der Waals surface area contributed by atoms with E-state index in [9.17, 15) is 19.8 Å². The number of carbonyl (C=O) groups is 1. The van der Waals surface area contributed by atoms with E-state index in [1.165, 1.54) is 13.3 Å². The number of azo groups is 1. The number of aromatic carboxylic acids is 1. The van der Waals surface area contributed by atoms with Crippen molar-refractivity contribution in [3.8, 4) is 11.6 Å². The van der Waals surface area contributed by atoms with Crippen LogP contribution in [0.25, 0.3) is 21.8 Å². The number of hydrogen-bond donors (Lipinski definition) is 3. The van der Waals surface area contributed by atoms with Gasteiger partial charge in [0.15, 0.2) is 17.3 Å².